The van der Waals surface area contributed by atoms with Crippen molar-refractivity contribution in [2.75, 3.05) is 11.9 Å². The topological polar surface area (TPSA) is 57.9 Å². The van der Waals surface area contributed by atoms with Crippen LogP contribution < -0.4 is 19.6 Å². The van der Waals surface area contributed by atoms with Crippen LogP contribution in [0.2, 0.25) is 0 Å². The van der Waals surface area contributed by atoms with Gasteiger partial charge in [-0.25, -0.2) is 0 Å². The van der Waals surface area contributed by atoms with Crippen LogP contribution in [-0.2, 0) is 13.2 Å². The smallest absolute Gasteiger partial charge is 0.193 e. The van der Waals surface area contributed by atoms with E-state index in [1.54, 1.807) is 18.2 Å². The van der Waals surface area contributed by atoms with Crippen LogP contribution in [0.25, 0.3) is 22.3 Å². The van der Waals surface area contributed by atoms with Gasteiger partial charge < -0.3 is 18.6 Å². The van der Waals surface area contributed by atoms with E-state index in [1.165, 1.54) is 6.07 Å². The lowest BCUT2D eigenvalue weighted by Gasteiger charge is -2.13. The Morgan fingerprint density at radius 1 is 0.649 bits per heavy atom. The van der Waals surface area contributed by atoms with Crippen molar-refractivity contribution in [1.82, 2.24) is 0 Å². The highest BCUT2D eigenvalue weighted by Crippen LogP contribution is 2.32. The summed E-state index contributed by atoms with van der Waals surface area (Å²) < 4.78 is 24.1. The maximum atomic E-state index is 12.9. The zero-order valence-electron chi connectivity index (χ0n) is 20.1. The molecule has 0 saturated heterocycles. The number of hydrogen-bond donors (Lipinski definition) is 0. The molecule has 1 aromatic heterocycles. The third kappa shape index (κ3) is 6.40. The van der Waals surface area contributed by atoms with E-state index in [-0.39, 0.29) is 5.43 Å². The monoisotopic (exact) mass is 556 g/mol. The normalized spacial score (nSPS) is 10.8. The van der Waals surface area contributed by atoms with E-state index < -0.39 is 0 Å². The molecule has 0 aliphatic rings. The van der Waals surface area contributed by atoms with Crippen LogP contribution in [0.5, 0.6) is 17.2 Å². The number of ether oxygens (including phenoxy) is 3. The molecule has 0 radical (unpaired) electrons. The molecule has 0 atom stereocenters. The van der Waals surface area contributed by atoms with Crippen LogP contribution >= 0.6 is 15.9 Å². The lowest BCUT2D eigenvalue weighted by molar-refractivity contribution is 0.290. The van der Waals surface area contributed by atoms with Crippen LogP contribution in [0.1, 0.15) is 11.1 Å². The summed E-state index contributed by atoms with van der Waals surface area (Å²) in [4.78, 5) is 12.9. The average Bonchev–Trinajstić information content (AvgIpc) is 2.94. The molecule has 1 heterocycles. The molecule has 0 bridgehead atoms. The summed E-state index contributed by atoms with van der Waals surface area (Å²) in [6, 6.07) is 32.2. The van der Waals surface area contributed by atoms with Gasteiger partial charge >= 0.3 is 0 Å². The predicted octanol–water partition coefficient (Wildman–Crippen LogP) is 7.39. The zero-order valence-corrected chi connectivity index (χ0v) is 21.6. The Balaban J connectivity index is 1.49. The van der Waals surface area contributed by atoms with Crippen LogP contribution in [0.4, 0.5) is 0 Å². The molecule has 0 N–H and O–H groups in total. The van der Waals surface area contributed by atoms with Gasteiger partial charge in [-0.05, 0) is 35.4 Å². The van der Waals surface area contributed by atoms with Crippen LogP contribution in [0, 0.1) is 0 Å². The molecule has 5 aromatic rings. The summed E-state index contributed by atoms with van der Waals surface area (Å²) in [5, 5.41) is 1.20. The van der Waals surface area contributed by atoms with E-state index in [4.69, 9.17) is 18.6 Å². The third-order valence-electron chi connectivity index (χ3n) is 5.71. The Labute approximate surface area is 223 Å². The maximum absolute atomic E-state index is 12.9. The first kappa shape index (κ1) is 24.7. The molecule has 0 amide bonds. The van der Waals surface area contributed by atoms with Gasteiger partial charge in [0.2, 0.25) is 0 Å². The fraction of sp³-hybridized carbons (Fsp3) is 0.129. The number of rotatable bonds is 10. The Kier molecular flexibility index (Phi) is 7.87. The van der Waals surface area contributed by atoms with Gasteiger partial charge in [-0.15, -0.1) is 0 Å². The largest absolute Gasteiger partial charge is 0.493 e. The molecule has 4 aromatic carbocycles. The van der Waals surface area contributed by atoms with E-state index in [1.807, 2.05) is 78.9 Å². The fourth-order valence-corrected chi connectivity index (χ4v) is 4.05. The zero-order chi connectivity index (χ0) is 25.5. The fourth-order valence-electron chi connectivity index (χ4n) is 3.89. The Morgan fingerprint density at radius 3 is 1.86 bits per heavy atom. The van der Waals surface area contributed by atoms with Crippen molar-refractivity contribution in [3.05, 3.63) is 124 Å². The lowest BCUT2D eigenvalue weighted by atomic mass is 10.1. The molecular formula is C31H25BrO5. The van der Waals surface area contributed by atoms with Crippen LogP contribution in [-0.4, -0.2) is 11.9 Å². The van der Waals surface area contributed by atoms with E-state index in [2.05, 4.69) is 15.9 Å². The molecule has 5 rings (SSSR count). The van der Waals surface area contributed by atoms with Crippen molar-refractivity contribution in [2.24, 2.45) is 0 Å². The molecule has 0 aliphatic carbocycles. The first-order valence-electron chi connectivity index (χ1n) is 11.9. The van der Waals surface area contributed by atoms with Gasteiger partial charge in [-0.2, -0.15) is 0 Å². The highest BCUT2D eigenvalue weighted by atomic mass is 79.9. The Bertz CT molecular complexity index is 1470. The molecule has 0 unspecified atom stereocenters. The SMILES string of the molecule is O=c1cc(-c2cc(OCc3ccccc3)cc(OCc3ccccc3)c2)oc2cc(OCCBr)ccc12. The second kappa shape index (κ2) is 11.8. The summed E-state index contributed by atoms with van der Waals surface area (Å²) in [6.07, 6.45) is 0. The number of alkyl halides is 1. The van der Waals surface area contributed by atoms with Crippen molar-refractivity contribution in [2.45, 2.75) is 13.2 Å². The molecule has 5 nitrogen and oxygen atoms in total. The first-order valence-corrected chi connectivity index (χ1v) is 13.1. The van der Waals surface area contributed by atoms with E-state index in [0.717, 1.165) is 11.1 Å². The number of fused-ring (bicyclic) bond motifs is 1. The van der Waals surface area contributed by atoms with Gasteiger partial charge in [0.25, 0.3) is 0 Å². The van der Waals surface area contributed by atoms with Gasteiger partial charge in [0.15, 0.2) is 5.43 Å². The maximum Gasteiger partial charge on any atom is 0.193 e. The molecule has 0 saturated carbocycles. The summed E-state index contributed by atoms with van der Waals surface area (Å²) in [6.45, 7) is 1.31. The highest BCUT2D eigenvalue weighted by molar-refractivity contribution is 9.09. The van der Waals surface area contributed by atoms with Crippen LogP contribution in [0.3, 0.4) is 0 Å². The first-order chi connectivity index (χ1) is 18.2. The number of hydrogen-bond acceptors (Lipinski definition) is 5. The van der Waals surface area contributed by atoms with Gasteiger partial charge in [0, 0.05) is 29.1 Å². The van der Waals surface area contributed by atoms with Gasteiger partial charge in [0.05, 0.1) is 12.0 Å². The summed E-state index contributed by atoms with van der Waals surface area (Å²) >= 11 is 3.36. The van der Waals surface area contributed by atoms with Crippen molar-refractivity contribution >= 4 is 26.9 Å². The second-order valence-corrected chi connectivity index (χ2v) is 9.20. The average molecular weight is 557 g/mol. The number of benzene rings is 4. The van der Waals surface area contributed by atoms with E-state index >= 15 is 0 Å². The van der Waals surface area contributed by atoms with Gasteiger partial charge in [-0.3, -0.25) is 4.79 Å². The molecule has 0 aliphatic heterocycles. The van der Waals surface area contributed by atoms with Crippen molar-refractivity contribution in [3.63, 3.8) is 0 Å². The standard InChI is InChI=1S/C31H25BrO5/c32-13-14-34-25-11-12-28-29(33)19-30(37-31(28)18-25)24-15-26(35-20-22-7-3-1-4-8-22)17-27(16-24)36-21-23-9-5-2-6-10-23/h1-12,15-19H,13-14,20-21H2. The minimum absolute atomic E-state index is 0.134. The molecule has 186 valence electrons. The van der Waals surface area contributed by atoms with Gasteiger partial charge in [0.1, 0.15) is 41.8 Å². The van der Waals surface area contributed by atoms with Crippen molar-refractivity contribution < 1.29 is 18.6 Å². The van der Waals surface area contributed by atoms with Gasteiger partial charge in [-0.1, -0.05) is 76.6 Å². The minimum atomic E-state index is -0.134. The summed E-state index contributed by atoms with van der Waals surface area (Å²) in [5.41, 5.74) is 3.10. The molecule has 37 heavy (non-hydrogen) atoms. The summed E-state index contributed by atoms with van der Waals surface area (Å²) in [5.74, 6) is 2.28. The third-order valence-corrected chi connectivity index (χ3v) is 6.03. The minimum Gasteiger partial charge on any atom is -0.493 e. The van der Waals surface area contributed by atoms with Crippen molar-refractivity contribution in [1.29, 1.82) is 0 Å². The quantitative estimate of drug-likeness (QED) is 0.168. The van der Waals surface area contributed by atoms with Crippen LogP contribution in [0.15, 0.2) is 112 Å². The Morgan fingerprint density at radius 2 is 1.27 bits per heavy atom. The van der Waals surface area contributed by atoms with Crippen molar-refractivity contribution in [3.8, 4) is 28.6 Å². The lowest BCUT2D eigenvalue weighted by Crippen LogP contribution is -2.02. The highest BCUT2D eigenvalue weighted by Gasteiger charge is 2.12. The predicted molar refractivity (Wildman–Crippen MR) is 149 cm³/mol. The second-order valence-electron chi connectivity index (χ2n) is 8.41. The molecular weight excluding hydrogens is 532 g/mol. The number of halogens is 1. The van der Waals surface area contributed by atoms with E-state index in [9.17, 15) is 4.79 Å². The summed E-state index contributed by atoms with van der Waals surface area (Å²) in [7, 11) is 0. The molecule has 0 spiro atoms. The molecule has 0 fully saturated rings. The molecule has 6 heteroatoms. The van der Waals surface area contributed by atoms with E-state index in [0.29, 0.717) is 64.7 Å². The Hall–Kier alpha value is -4.03.